The minimum Gasteiger partial charge on any atom is -0.400 e. The van der Waals surface area contributed by atoms with E-state index in [1.54, 1.807) is 18.2 Å². The zero-order valence-electron chi connectivity index (χ0n) is 11.7. The Labute approximate surface area is 134 Å². The fourth-order valence-corrected chi connectivity index (χ4v) is 2.53. The largest absolute Gasteiger partial charge is 0.400 e. The van der Waals surface area contributed by atoms with Crippen LogP contribution in [-0.2, 0) is 4.79 Å². The fraction of sp³-hybridized carbons (Fsp3) is 0.143. The number of hydrogen-bond acceptors (Lipinski definition) is 7. The molecular formula is C14H11FN4O3S. The van der Waals surface area contributed by atoms with Crippen LogP contribution < -0.4 is 5.32 Å². The third kappa shape index (κ3) is 4.16. The molecule has 0 fully saturated rings. The van der Waals surface area contributed by atoms with Crippen molar-refractivity contribution in [1.29, 1.82) is 0 Å². The van der Waals surface area contributed by atoms with Crippen molar-refractivity contribution in [1.82, 2.24) is 15.4 Å². The Morgan fingerprint density at radius 3 is 2.78 bits per heavy atom. The zero-order chi connectivity index (χ0) is 16.1. The van der Waals surface area contributed by atoms with Gasteiger partial charge in [-0.3, -0.25) is 10.1 Å². The fourth-order valence-electron chi connectivity index (χ4n) is 1.67. The predicted octanol–water partition coefficient (Wildman–Crippen LogP) is 2.98. The predicted molar refractivity (Wildman–Crippen MR) is 80.2 cm³/mol. The van der Waals surface area contributed by atoms with E-state index in [1.807, 2.05) is 0 Å². The second-order valence-electron chi connectivity index (χ2n) is 4.39. The first kappa shape index (κ1) is 15.2. The van der Waals surface area contributed by atoms with Crippen molar-refractivity contribution in [3.05, 3.63) is 42.3 Å². The standard InChI is InChI=1S/C14H11FN4O3S/c15-9-1-3-10(4-2-9)23-8-6-12(20)17-14-19-18-13(21-14)11-5-7-16-22-11/h1-5,7H,6,8H2,(H,17,19,20). The summed E-state index contributed by atoms with van der Waals surface area (Å²) in [7, 11) is 0. The van der Waals surface area contributed by atoms with Gasteiger partial charge in [-0.05, 0) is 24.3 Å². The van der Waals surface area contributed by atoms with Crippen LogP contribution in [0.5, 0.6) is 0 Å². The summed E-state index contributed by atoms with van der Waals surface area (Å²) in [5, 5.41) is 13.5. The number of aromatic nitrogens is 3. The minimum absolute atomic E-state index is 0.00631. The summed E-state index contributed by atoms with van der Waals surface area (Å²) >= 11 is 1.45. The van der Waals surface area contributed by atoms with Crippen LogP contribution in [0.1, 0.15) is 6.42 Å². The Morgan fingerprint density at radius 2 is 2.04 bits per heavy atom. The zero-order valence-corrected chi connectivity index (χ0v) is 12.5. The monoisotopic (exact) mass is 334 g/mol. The topological polar surface area (TPSA) is 94.1 Å². The highest BCUT2D eigenvalue weighted by molar-refractivity contribution is 7.99. The van der Waals surface area contributed by atoms with Gasteiger partial charge in [0.1, 0.15) is 5.82 Å². The molecule has 1 amide bonds. The van der Waals surface area contributed by atoms with Gasteiger partial charge in [-0.1, -0.05) is 10.3 Å². The van der Waals surface area contributed by atoms with E-state index in [2.05, 4.69) is 20.7 Å². The molecule has 0 saturated heterocycles. The molecule has 0 atom stereocenters. The second-order valence-corrected chi connectivity index (χ2v) is 5.56. The molecule has 23 heavy (non-hydrogen) atoms. The summed E-state index contributed by atoms with van der Waals surface area (Å²) in [6.45, 7) is 0. The van der Waals surface area contributed by atoms with Gasteiger partial charge in [0, 0.05) is 23.1 Å². The number of carbonyl (C=O) groups excluding carboxylic acids is 1. The molecular weight excluding hydrogens is 323 g/mol. The van der Waals surface area contributed by atoms with E-state index in [4.69, 9.17) is 8.94 Å². The number of rotatable bonds is 6. The third-order valence-electron chi connectivity index (χ3n) is 2.73. The number of benzene rings is 1. The van der Waals surface area contributed by atoms with Crippen molar-refractivity contribution in [2.24, 2.45) is 0 Å². The number of nitrogens with zero attached hydrogens (tertiary/aromatic N) is 3. The molecule has 2 heterocycles. The Bertz CT molecular complexity index is 774. The molecule has 2 aromatic heterocycles. The summed E-state index contributed by atoms with van der Waals surface area (Å²) in [4.78, 5) is 12.7. The number of hydrogen-bond donors (Lipinski definition) is 1. The summed E-state index contributed by atoms with van der Waals surface area (Å²) in [6, 6.07) is 7.66. The lowest BCUT2D eigenvalue weighted by Gasteiger charge is -2.01. The summed E-state index contributed by atoms with van der Waals surface area (Å²) < 4.78 is 22.9. The van der Waals surface area contributed by atoms with Crippen molar-refractivity contribution in [2.75, 3.05) is 11.1 Å². The highest BCUT2D eigenvalue weighted by Crippen LogP contribution is 2.20. The van der Waals surface area contributed by atoms with E-state index in [-0.39, 0.29) is 30.1 Å². The molecule has 7 nitrogen and oxygen atoms in total. The lowest BCUT2D eigenvalue weighted by Crippen LogP contribution is -2.12. The van der Waals surface area contributed by atoms with Crippen molar-refractivity contribution < 1.29 is 18.1 Å². The Morgan fingerprint density at radius 1 is 1.22 bits per heavy atom. The quantitative estimate of drug-likeness (QED) is 0.692. The van der Waals surface area contributed by atoms with E-state index >= 15 is 0 Å². The van der Waals surface area contributed by atoms with Gasteiger partial charge >= 0.3 is 6.01 Å². The van der Waals surface area contributed by atoms with Crippen LogP contribution in [0.3, 0.4) is 0 Å². The number of nitrogens with one attached hydrogen (secondary N) is 1. The molecule has 1 N–H and O–H groups in total. The Hall–Kier alpha value is -2.68. The molecule has 0 unspecified atom stereocenters. The van der Waals surface area contributed by atoms with Gasteiger partial charge in [0.2, 0.25) is 11.7 Å². The van der Waals surface area contributed by atoms with Crippen LogP contribution in [-0.4, -0.2) is 27.0 Å². The van der Waals surface area contributed by atoms with Crippen molar-refractivity contribution in [3.63, 3.8) is 0 Å². The average molecular weight is 334 g/mol. The van der Waals surface area contributed by atoms with E-state index in [1.165, 1.54) is 30.1 Å². The van der Waals surface area contributed by atoms with Crippen LogP contribution in [0.4, 0.5) is 10.4 Å². The molecule has 0 aliphatic heterocycles. The summed E-state index contributed by atoms with van der Waals surface area (Å²) in [5.74, 6) is 0.461. The van der Waals surface area contributed by atoms with Crippen LogP contribution >= 0.6 is 11.8 Å². The smallest absolute Gasteiger partial charge is 0.322 e. The summed E-state index contributed by atoms with van der Waals surface area (Å²) in [5.41, 5.74) is 0. The van der Waals surface area contributed by atoms with Gasteiger partial charge < -0.3 is 8.94 Å². The molecule has 3 rings (SSSR count). The van der Waals surface area contributed by atoms with Crippen molar-refractivity contribution in [3.8, 4) is 11.7 Å². The van der Waals surface area contributed by atoms with Gasteiger partial charge in [0.15, 0.2) is 0 Å². The van der Waals surface area contributed by atoms with Gasteiger partial charge in [-0.15, -0.1) is 16.9 Å². The van der Waals surface area contributed by atoms with Crippen LogP contribution in [0.2, 0.25) is 0 Å². The molecule has 0 spiro atoms. The molecule has 0 aliphatic carbocycles. The van der Waals surface area contributed by atoms with Gasteiger partial charge in [-0.2, -0.15) is 0 Å². The van der Waals surface area contributed by atoms with Gasteiger partial charge in [0.05, 0.1) is 6.20 Å². The van der Waals surface area contributed by atoms with Gasteiger partial charge in [0.25, 0.3) is 5.89 Å². The third-order valence-corrected chi connectivity index (χ3v) is 3.75. The highest BCUT2D eigenvalue weighted by Gasteiger charge is 2.13. The molecule has 9 heteroatoms. The first-order valence-corrected chi connectivity index (χ1v) is 7.62. The number of thioether (sulfide) groups is 1. The minimum atomic E-state index is -0.286. The molecule has 0 saturated carbocycles. The first-order chi connectivity index (χ1) is 11.2. The maximum absolute atomic E-state index is 12.8. The molecule has 118 valence electrons. The molecule has 0 aliphatic rings. The maximum Gasteiger partial charge on any atom is 0.322 e. The normalized spacial score (nSPS) is 10.7. The number of carbonyl (C=O) groups is 1. The highest BCUT2D eigenvalue weighted by atomic mass is 32.2. The van der Waals surface area contributed by atoms with Crippen molar-refractivity contribution in [2.45, 2.75) is 11.3 Å². The average Bonchev–Trinajstić information content (AvgIpc) is 3.20. The molecule has 0 radical (unpaired) electrons. The van der Waals surface area contributed by atoms with Gasteiger partial charge in [-0.25, -0.2) is 4.39 Å². The Kier molecular flexibility index (Phi) is 4.67. The number of amides is 1. The second kappa shape index (κ2) is 7.05. The molecule has 3 aromatic rings. The van der Waals surface area contributed by atoms with E-state index < -0.39 is 0 Å². The maximum atomic E-state index is 12.8. The molecule has 1 aromatic carbocycles. The van der Waals surface area contributed by atoms with E-state index in [9.17, 15) is 9.18 Å². The van der Waals surface area contributed by atoms with E-state index in [0.29, 0.717) is 11.5 Å². The number of anilines is 1. The molecule has 0 bridgehead atoms. The van der Waals surface area contributed by atoms with Crippen LogP contribution in [0.15, 0.2) is 50.4 Å². The summed E-state index contributed by atoms with van der Waals surface area (Å²) in [6.07, 6.45) is 1.70. The first-order valence-electron chi connectivity index (χ1n) is 6.63. The number of halogens is 1. The van der Waals surface area contributed by atoms with Crippen LogP contribution in [0.25, 0.3) is 11.7 Å². The Balaban J connectivity index is 1.47. The SMILES string of the molecule is O=C(CCSc1ccc(F)cc1)Nc1nnc(-c2ccno2)o1. The van der Waals surface area contributed by atoms with Crippen molar-refractivity contribution >= 4 is 23.7 Å². The van der Waals surface area contributed by atoms with Crippen LogP contribution in [0, 0.1) is 5.82 Å². The lowest BCUT2D eigenvalue weighted by molar-refractivity contribution is -0.115. The lowest BCUT2D eigenvalue weighted by atomic mass is 10.4. The van der Waals surface area contributed by atoms with E-state index in [0.717, 1.165) is 4.90 Å².